The summed E-state index contributed by atoms with van der Waals surface area (Å²) in [5, 5.41) is 16.1. The Morgan fingerprint density at radius 1 is 0.818 bits per heavy atom. The Kier molecular flexibility index (Phi) is 37.1. The Morgan fingerprint density at radius 3 is 1.09 bits per heavy atom. The predicted octanol–water partition coefficient (Wildman–Crippen LogP) is 1.56. The number of aliphatic hydroxyl groups excluding tert-OH is 2. The van der Waals surface area contributed by atoms with E-state index in [9.17, 15) is 0 Å². The first kappa shape index (κ1) is 18.2. The summed E-state index contributed by atoms with van der Waals surface area (Å²) in [4.78, 5) is 0. The van der Waals surface area contributed by atoms with E-state index in [1.165, 1.54) is 0 Å². The second kappa shape index (κ2) is 22.5. The van der Waals surface area contributed by atoms with Crippen molar-refractivity contribution in [3.8, 4) is 0 Å². The molecule has 3 heteroatoms. The van der Waals surface area contributed by atoms with E-state index in [2.05, 4.69) is 13.8 Å². The van der Waals surface area contributed by atoms with Gasteiger partial charge in [-0.05, 0) is 12.8 Å². The Balaban J connectivity index is -0.000000107. The largest absolute Gasteiger partial charge is 0.396 e. The monoisotopic (exact) mass is 288 g/mol. The molecule has 0 saturated heterocycles. The van der Waals surface area contributed by atoms with Crippen molar-refractivity contribution >= 4 is 0 Å². The molecule has 0 aliphatic carbocycles. The molecule has 0 amide bonds. The number of hydrogen-bond acceptors (Lipinski definition) is 2. The summed E-state index contributed by atoms with van der Waals surface area (Å²) in [6.45, 7) is 4.79. The minimum Gasteiger partial charge on any atom is -0.396 e. The molecule has 0 aromatic rings. The van der Waals surface area contributed by atoms with Gasteiger partial charge in [-0.1, -0.05) is 26.7 Å². The van der Waals surface area contributed by atoms with Crippen LogP contribution in [0.4, 0.5) is 0 Å². The minimum atomic E-state index is 0. The van der Waals surface area contributed by atoms with Gasteiger partial charge in [0, 0.05) is 55.0 Å². The van der Waals surface area contributed by atoms with Crippen LogP contribution in [-0.4, -0.2) is 23.4 Å². The van der Waals surface area contributed by atoms with Crippen molar-refractivity contribution in [3.63, 3.8) is 0 Å². The second-order valence-electron chi connectivity index (χ2n) is 2.15. The van der Waals surface area contributed by atoms with Crippen molar-refractivity contribution in [3.05, 3.63) is 0 Å². The van der Waals surface area contributed by atoms with E-state index >= 15 is 0 Å². The van der Waals surface area contributed by atoms with E-state index in [1.807, 2.05) is 0 Å². The molecule has 0 aliphatic rings. The summed E-state index contributed by atoms with van der Waals surface area (Å²) in [6.07, 6.45) is 4.08. The van der Waals surface area contributed by atoms with Crippen molar-refractivity contribution in [2.45, 2.75) is 39.5 Å². The molecule has 0 spiro atoms. The van der Waals surface area contributed by atoms with Crippen LogP contribution in [0.25, 0.3) is 0 Å². The molecule has 0 fully saturated rings. The molecular weight excluding hydrogens is 268 g/mol. The van der Waals surface area contributed by atoms with Gasteiger partial charge in [0.25, 0.3) is 0 Å². The number of hydrogen-bond donors (Lipinski definition) is 2. The summed E-state index contributed by atoms with van der Waals surface area (Å²) >= 11 is 0. The summed E-state index contributed by atoms with van der Waals surface area (Å²) < 4.78 is 0. The minimum absolute atomic E-state index is 0. The smallest absolute Gasteiger partial charge is 0.0430 e. The van der Waals surface area contributed by atoms with Crippen LogP contribution in [0.3, 0.4) is 0 Å². The maximum Gasteiger partial charge on any atom is 0.0430 e. The van der Waals surface area contributed by atoms with Crippen molar-refractivity contribution in [2.24, 2.45) is 0 Å². The average molecular weight is 288 g/mol. The van der Waals surface area contributed by atoms with Crippen LogP contribution < -0.4 is 0 Å². The number of rotatable bonds is 4. The number of unbranched alkanes of at least 4 members (excludes halogenated alkanes) is 2. The van der Waals surface area contributed by atoms with Gasteiger partial charge in [-0.25, -0.2) is 0 Å². The normalized spacial score (nSPS) is 7.64. The first-order valence-electron chi connectivity index (χ1n) is 4.05. The van der Waals surface area contributed by atoms with Crippen molar-refractivity contribution in [2.75, 3.05) is 13.2 Å². The molecule has 0 bridgehead atoms. The zero-order chi connectivity index (χ0) is 8.24. The molecule has 2 nitrogen and oxygen atoms in total. The predicted molar refractivity (Wildman–Crippen MR) is 44.0 cm³/mol. The molecular formula is C8H20CeO2. The summed E-state index contributed by atoms with van der Waals surface area (Å²) in [5.74, 6) is 0. The Morgan fingerprint density at radius 2 is 1.09 bits per heavy atom. The molecule has 0 heterocycles. The van der Waals surface area contributed by atoms with Gasteiger partial charge in [-0.3, -0.25) is 0 Å². The van der Waals surface area contributed by atoms with E-state index in [4.69, 9.17) is 10.2 Å². The molecule has 0 aromatic heterocycles. The van der Waals surface area contributed by atoms with Gasteiger partial charge in [0.15, 0.2) is 0 Å². The second-order valence-corrected chi connectivity index (χ2v) is 2.15. The Labute approximate surface area is 104 Å². The van der Waals surface area contributed by atoms with Crippen LogP contribution in [0.1, 0.15) is 39.5 Å². The average Bonchev–Trinajstić information content (AvgIpc) is 1.93. The first-order chi connectivity index (χ1) is 4.83. The third kappa shape index (κ3) is 34.8. The van der Waals surface area contributed by atoms with E-state index in [0.29, 0.717) is 13.2 Å². The van der Waals surface area contributed by atoms with Crippen LogP contribution in [-0.2, 0) is 0 Å². The zero-order valence-corrected chi connectivity index (χ0v) is 10.8. The number of aliphatic hydroxyl groups is 2. The van der Waals surface area contributed by atoms with Crippen molar-refractivity contribution in [1.82, 2.24) is 0 Å². The third-order valence-electron chi connectivity index (χ3n) is 1.02. The molecule has 0 saturated carbocycles. The maximum atomic E-state index is 8.07. The standard InChI is InChI=1S/2C4H10O.Ce/c2*1-2-3-4-5;/h2*5H,2-4H2,1H3;. The molecule has 0 unspecified atom stereocenters. The molecule has 0 aromatic carbocycles. The molecule has 0 aliphatic heterocycles. The molecule has 0 rings (SSSR count). The van der Waals surface area contributed by atoms with E-state index in [-0.39, 0.29) is 41.7 Å². The molecule has 68 valence electrons. The van der Waals surface area contributed by atoms with Gasteiger partial charge < -0.3 is 10.2 Å². The molecule has 2 N–H and O–H groups in total. The topological polar surface area (TPSA) is 40.5 Å². The van der Waals surface area contributed by atoms with Gasteiger partial charge in [0.2, 0.25) is 0 Å². The van der Waals surface area contributed by atoms with Crippen LogP contribution >= 0.6 is 0 Å². The van der Waals surface area contributed by atoms with Crippen LogP contribution in [0.5, 0.6) is 0 Å². The third-order valence-corrected chi connectivity index (χ3v) is 1.02. The Hall–Kier alpha value is 1.30. The summed E-state index contributed by atoms with van der Waals surface area (Å²) in [6, 6.07) is 0. The molecule has 11 heavy (non-hydrogen) atoms. The van der Waals surface area contributed by atoms with Gasteiger partial charge >= 0.3 is 0 Å². The van der Waals surface area contributed by atoms with Crippen molar-refractivity contribution in [1.29, 1.82) is 0 Å². The fourth-order valence-corrected chi connectivity index (χ4v) is 0.316. The summed E-state index contributed by atoms with van der Waals surface area (Å²) in [5.41, 5.74) is 0. The van der Waals surface area contributed by atoms with Crippen LogP contribution in [0, 0.1) is 41.7 Å². The maximum absolute atomic E-state index is 8.07. The Bertz CT molecular complexity index is 33.1. The van der Waals surface area contributed by atoms with E-state index in [0.717, 1.165) is 25.7 Å². The zero-order valence-electron chi connectivity index (χ0n) is 7.64. The van der Waals surface area contributed by atoms with Crippen LogP contribution in [0.2, 0.25) is 0 Å². The molecule has 0 atom stereocenters. The first-order valence-corrected chi connectivity index (χ1v) is 4.05. The van der Waals surface area contributed by atoms with E-state index in [1.54, 1.807) is 0 Å². The van der Waals surface area contributed by atoms with Gasteiger partial charge in [0.1, 0.15) is 0 Å². The van der Waals surface area contributed by atoms with Gasteiger partial charge in [-0.2, -0.15) is 0 Å². The van der Waals surface area contributed by atoms with Crippen molar-refractivity contribution < 1.29 is 52.0 Å². The fourth-order valence-electron chi connectivity index (χ4n) is 0.316. The SMILES string of the molecule is CCCCO.CCCCO.[Ce]. The van der Waals surface area contributed by atoms with Gasteiger partial charge in [0.05, 0.1) is 0 Å². The van der Waals surface area contributed by atoms with Crippen LogP contribution in [0.15, 0.2) is 0 Å². The fraction of sp³-hybridized carbons (Fsp3) is 1.00. The quantitative estimate of drug-likeness (QED) is 0.824. The van der Waals surface area contributed by atoms with E-state index < -0.39 is 0 Å². The molecule has 0 radical (unpaired) electrons. The summed E-state index contributed by atoms with van der Waals surface area (Å²) in [7, 11) is 0. The van der Waals surface area contributed by atoms with Gasteiger partial charge in [-0.15, -0.1) is 0 Å².